The van der Waals surface area contributed by atoms with Gasteiger partial charge in [0, 0.05) is 25.7 Å². The van der Waals surface area contributed by atoms with Crippen LogP contribution in [0.1, 0.15) is 32.1 Å². The van der Waals surface area contributed by atoms with Gasteiger partial charge in [-0.15, -0.1) is 11.3 Å². The zero-order valence-electron chi connectivity index (χ0n) is 8.46. The molecule has 2 aromatic heterocycles. The van der Waals surface area contributed by atoms with Gasteiger partial charge in [-0.25, -0.2) is 0 Å². The lowest BCUT2D eigenvalue weighted by molar-refractivity contribution is 0.104. The van der Waals surface area contributed by atoms with Crippen molar-refractivity contribution in [2.75, 3.05) is 0 Å². The Morgan fingerprint density at radius 3 is 2.88 bits per heavy atom. The Bertz CT molecular complexity index is 532. The average Bonchev–Trinajstić information content (AvgIpc) is 2.89. The summed E-state index contributed by atoms with van der Waals surface area (Å²) in [4.78, 5) is 14.5. The molecule has 16 heavy (non-hydrogen) atoms. The van der Waals surface area contributed by atoms with E-state index in [1.807, 2.05) is 10.8 Å². The van der Waals surface area contributed by atoms with E-state index in [1.54, 1.807) is 22.7 Å². The van der Waals surface area contributed by atoms with Crippen molar-refractivity contribution in [1.82, 2.24) is 0 Å². The molecule has 0 atom stereocenters. The first-order valence-electron chi connectivity index (χ1n) is 5.13. The molecular weight excluding hydrogens is 304 g/mol. The quantitative estimate of drug-likeness (QED) is 0.756. The minimum atomic E-state index is 0.160. The predicted molar refractivity (Wildman–Crippen MR) is 71.8 cm³/mol. The van der Waals surface area contributed by atoms with Gasteiger partial charge >= 0.3 is 0 Å². The van der Waals surface area contributed by atoms with Gasteiger partial charge in [0.1, 0.15) is 0 Å². The summed E-state index contributed by atoms with van der Waals surface area (Å²) in [6.45, 7) is 0. The second kappa shape index (κ2) is 4.09. The lowest BCUT2D eigenvalue weighted by Gasteiger charge is -1.95. The number of rotatable bonds is 2. The molecule has 0 radical (unpaired) electrons. The molecule has 0 aliphatic heterocycles. The van der Waals surface area contributed by atoms with Crippen molar-refractivity contribution < 1.29 is 4.79 Å². The monoisotopic (exact) mass is 312 g/mol. The van der Waals surface area contributed by atoms with Gasteiger partial charge in [-0.05, 0) is 46.8 Å². The highest BCUT2D eigenvalue weighted by Crippen LogP contribution is 2.33. The van der Waals surface area contributed by atoms with Gasteiger partial charge in [-0.2, -0.15) is 11.3 Å². The molecule has 0 bridgehead atoms. The highest BCUT2D eigenvalue weighted by molar-refractivity contribution is 9.10. The first-order chi connectivity index (χ1) is 7.75. The van der Waals surface area contributed by atoms with Crippen molar-refractivity contribution in [1.29, 1.82) is 0 Å². The lowest BCUT2D eigenvalue weighted by Crippen LogP contribution is -1.97. The Balaban J connectivity index is 1.98. The minimum Gasteiger partial charge on any atom is -0.288 e. The molecule has 82 valence electrons. The van der Waals surface area contributed by atoms with Crippen LogP contribution in [-0.2, 0) is 12.8 Å². The molecule has 1 aliphatic rings. The average molecular weight is 313 g/mol. The van der Waals surface area contributed by atoms with E-state index in [0.29, 0.717) is 0 Å². The number of ketones is 1. The number of carbonyl (C=O) groups excluding carboxylic acids is 1. The SMILES string of the molecule is O=C(c1cc2c(s1)CCC2)c1cscc1Br. The highest BCUT2D eigenvalue weighted by atomic mass is 79.9. The van der Waals surface area contributed by atoms with Crippen LogP contribution in [0.15, 0.2) is 21.3 Å². The van der Waals surface area contributed by atoms with E-state index in [0.717, 1.165) is 27.8 Å². The first-order valence-corrected chi connectivity index (χ1v) is 7.69. The molecule has 2 aromatic rings. The predicted octanol–water partition coefficient (Wildman–Crippen LogP) is 4.29. The Kier molecular flexibility index (Phi) is 2.73. The lowest BCUT2D eigenvalue weighted by atomic mass is 10.1. The Morgan fingerprint density at radius 1 is 1.31 bits per heavy atom. The van der Waals surface area contributed by atoms with Crippen molar-refractivity contribution in [2.24, 2.45) is 0 Å². The fourth-order valence-corrected chi connectivity index (χ4v) is 4.68. The molecule has 0 saturated heterocycles. The maximum atomic E-state index is 12.2. The topological polar surface area (TPSA) is 17.1 Å². The van der Waals surface area contributed by atoms with E-state index in [2.05, 4.69) is 22.0 Å². The van der Waals surface area contributed by atoms with E-state index in [1.165, 1.54) is 16.9 Å². The molecule has 0 fully saturated rings. The molecule has 0 saturated carbocycles. The van der Waals surface area contributed by atoms with Crippen LogP contribution in [0.3, 0.4) is 0 Å². The van der Waals surface area contributed by atoms with Gasteiger partial charge < -0.3 is 0 Å². The third-order valence-electron chi connectivity index (χ3n) is 2.83. The summed E-state index contributed by atoms with van der Waals surface area (Å²) < 4.78 is 0.913. The molecule has 0 unspecified atom stereocenters. The second-order valence-corrected chi connectivity index (χ2v) is 6.61. The normalized spacial score (nSPS) is 14.1. The third-order valence-corrected chi connectivity index (χ3v) is 5.77. The van der Waals surface area contributed by atoms with Crippen molar-refractivity contribution in [3.63, 3.8) is 0 Å². The number of fused-ring (bicyclic) bond motifs is 1. The van der Waals surface area contributed by atoms with Crippen molar-refractivity contribution in [2.45, 2.75) is 19.3 Å². The molecule has 0 aromatic carbocycles. The Labute approximate surface area is 110 Å². The van der Waals surface area contributed by atoms with Crippen LogP contribution in [-0.4, -0.2) is 5.78 Å². The third kappa shape index (κ3) is 1.69. The molecule has 0 N–H and O–H groups in total. The smallest absolute Gasteiger partial charge is 0.204 e. The van der Waals surface area contributed by atoms with Gasteiger partial charge in [0.05, 0.1) is 4.88 Å². The summed E-state index contributed by atoms with van der Waals surface area (Å²) in [5.74, 6) is 0.160. The van der Waals surface area contributed by atoms with E-state index >= 15 is 0 Å². The van der Waals surface area contributed by atoms with Crippen LogP contribution in [0.4, 0.5) is 0 Å². The van der Waals surface area contributed by atoms with Crippen LogP contribution in [0, 0.1) is 0 Å². The van der Waals surface area contributed by atoms with Crippen LogP contribution in [0.25, 0.3) is 0 Å². The molecule has 3 rings (SSSR count). The molecule has 0 amide bonds. The summed E-state index contributed by atoms with van der Waals surface area (Å²) in [6, 6.07) is 2.08. The summed E-state index contributed by atoms with van der Waals surface area (Å²) in [5.41, 5.74) is 2.18. The minimum absolute atomic E-state index is 0.160. The van der Waals surface area contributed by atoms with Crippen LogP contribution in [0.5, 0.6) is 0 Å². The maximum absolute atomic E-state index is 12.2. The zero-order chi connectivity index (χ0) is 11.1. The molecule has 4 heteroatoms. The number of carbonyl (C=O) groups is 1. The highest BCUT2D eigenvalue weighted by Gasteiger charge is 2.20. The Morgan fingerprint density at radius 2 is 2.19 bits per heavy atom. The number of hydrogen-bond donors (Lipinski definition) is 0. The number of halogens is 1. The van der Waals surface area contributed by atoms with E-state index in [-0.39, 0.29) is 5.78 Å². The largest absolute Gasteiger partial charge is 0.288 e. The summed E-state index contributed by atoms with van der Waals surface area (Å²) in [6.07, 6.45) is 3.54. The number of thiophene rings is 2. The van der Waals surface area contributed by atoms with Gasteiger partial charge in [0.2, 0.25) is 5.78 Å². The van der Waals surface area contributed by atoms with E-state index in [9.17, 15) is 4.79 Å². The summed E-state index contributed by atoms with van der Waals surface area (Å²) >= 11 is 6.64. The van der Waals surface area contributed by atoms with Crippen LogP contribution in [0.2, 0.25) is 0 Å². The zero-order valence-corrected chi connectivity index (χ0v) is 11.7. The maximum Gasteiger partial charge on any atom is 0.204 e. The Hall–Kier alpha value is -0.450. The van der Waals surface area contributed by atoms with Crippen LogP contribution >= 0.6 is 38.6 Å². The van der Waals surface area contributed by atoms with Crippen molar-refractivity contribution in [3.8, 4) is 0 Å². The van der Waals surface area contributed by atoms with Gasteiger partial charge in [0.15, 0.2) is 0 Å². The van der Waals surface area contributed by atoms with Crippen molar-refractivity contribution >= 4 is 44.4 Å². The van der Waals surface area contributed by atoms with Gasteiger partial charge in [-0.1, -0.05) is 0 Å². The first kappa shape index (κ1) is 10.7. The molecule has 2 heterocycles. The van der Waals surface area contributed by atoms with Crippen molar-refractivity contribution in [3.05, 3.63) is 42.2 Å². The van der Waals surface area contributed by atoms with E-state index in [4.69, 9.17) is 0 Å². The fourth-order valence-electron chi connectivity index (χ4n) is 2.02. The number of hydrogen-bond acceptors (Lipinski definition) is 3. The van der Waals surface area contributed by atoms with Crippen LogP contribution < -0.4 is 0 Å². The van der Waals surface area contributed by atoms with E-state index < -0.39 is 0 Å². The molecule has 1 nitrogen and oxygen atoms in total. The molecule has 1 aliphatic carbocycles. The summed E-state index contributed by atoms with van der Waals surface area (Å²) in [7, 11) is 0. The molecular formula is C12H9BrOS2. The van der Waals surface area contributed by atoms with Gasteiger partial charge in [0.25, 0.3) is 0 Å². The number of aryl methyl sites for hydroxylation is 2. The van der Waals surface area contributed by atoms with Gasteiger partial charge in [-0.3, -0.25) is 4.79 Å². The molecule has 0 spiro atoms. The second-order valence-electron chi connectivity index (χ2n) is 3.88. The summed E-state index contributed by atoms with van der Waals surface area (Å²) in [5, 5.41) is 3.87. The fraction of sp³-hybridized carbons (Fsp3) is 0.250. The standard InChI is InChI=1S/C12H9BrOS2/c13-9-6-15-5-8(9)12(14)11-4-7-2-1-3-10(7)16-11/h4-6H,1-3H2.